The van der Waals surface area contributed by atoms with Crippen molar-refractivity contribution >= 4 is 12.0 Å². The number of aliphatic hydroxyl groups is 1. The first-order chi connectivity index (χ1) is 5.11. The van der Waals surface area contributed by atoms with Gasteiger partial charge in [-0.15, -0.1) is 0 Å². The maximum Gasteiger partial charge on any atom is 0.405 e. The molecule has 1 atom stereocenters. The number of amides is 2. The minimum atomic E-state index is -1.34. The van der Waals surface area contributed by atoms with Gasteiger partial charge in [0.25, 0.3) is 0 Å². The van der Waals surface area contributed by atoms with Gasteiger partial charge in [0, 0.05) is 7.05 Å². The molecule has 2 amide bonds. The van der Waals surface area contributed by atoms with E-state index >= 15 is 0 Å². The maximum absolute atomic E-state index is 10.7. The number of carbonyl (C=O) groups is 2. The second-order valence-corrected chi connectivity index (χ2v) is 1.80. The molecule has 0 fully saturated rings. The summed E-state index contributed by atoms with van der Waals surface area (Å²) in [5.74, 6) is -0.560. The van der Waals surface area contributed by atoms with Gasteiger partial charge in [-0.05, 0) is 0 Å². The van der Waals surface area contributed by atoms with Crippen LogP contribution in [0.4, 0.5) is 4.79 Å². The number of carbonyl (C=O) groups excluding carboxylic acids is 1. The lowest BCUT2D eigenvalue weighted by molar-refractivity contribution is -0.123. The van der Waals surface area contributed by atoms with E-state index in [2.05, 4.69) is 5.32 Å². The van der Waals surface area contributed by atoms with Gasteiger partial charge in [-0.2, -0.15) is 0 Å². The average Bonchev–Trinajstić information content (AvgIpc) is 1.98. The van der Waals surface area contributed by atoms with Gasteiger partial charge in [-0.3, -0.25) is 4.79 Å². The molecule has 4 N–H and O–H groups in total. The summed E-state index contributed by atoms with van der Waals surface area (Å²) < 4.78 is 0. The van der Waals surface area contributed by atoms with E-state index in [1.165, 1.54) is 7.05 Å². The molecule has 0 aliphatic heterocycles. The fourth-order valence-electron chi connectivity index (χ4n) is 0.517. The predicted molar refractivity (Wildman–Crippen MR) is 36.1 cm³/mol. The van der Waals surface area contributed by atoms with Crippen molar-refractivity contribution in [1.29, 1.82) is 0 Å². The molecule has 0 spiro atoms. The molecule has 0 aromatic heterocycles. The Hall–Kier alpha value is -1.30. The van der Waals surface area contributed by atoms with Gasteiger partial charge < -0.3 is 20.8 Å². The van der Waals surface area contributed by atoms with Gasteiger partial charge in [-0.25, -0.2) is 4.79 Å². The molecule has 6 nitrogen and oxygen atoms in total. The van der Waals surface area contributed by atoms with E-state index in [1.807, 2.05) is 5.32 Å². The van der Waals surface area contributed by atoms with Crippen LogP contribution in [0.1, 0.15) is 0 Å². The number of likely N-dealkylation sites (N-methyl/N-ethyl adjacent to an activating group) is 1. The van der Waals surface area contributed by atoms with Gasteiger partial charge in [0.2, 0.25) is 5.91 Å². The Balaban J connectivity index is 3.94. The van der Waals surface area contributed by atoms with Crippen LogP contribution in [0.25, 0.3) is 0 Å². The van der Waals surface area contributed by atoms with Gasteiger partial charge in [-0.1, -0.05) is 0 Å². The molecule has 0 aromatic rings. The Labute approximate surface area is 63.2 Å². The summed E-state index contributed by atoms with van der Waals surface area (Å²) in [7, 11) is 1.36. The molecule has 0 aliphatic carbocycles. The van der Waals surface area contributed by atoms with Crippen LogP contribution in [0, 0.1) is 0 Å². The highest BCUT2D eigenvalue weighted by Crippen LogP contribution is 1.80. The normalized spacial score (nSPS) is 11.8. The molecule has 6 heteroatoms. The number of hydrogen-bond acceptors (Lipinski definition) is 3. The zero-order valence-corrected chi connectivity index (χ0v) is 6.00. The highest BCUT2D eigenvalue weighted by atomic mass is 16.4. The minimum Gasteiger partial charge on any atom is -0.465 e. The topological polar surface area (TPSA) is 98.7 Å². The molecule has 64 valence electrons. The lowest BCUT2D eigenvalue weighted by atomic mass is 10.3. The highest BCUT2D eigenvalue weighted by Gasteiger charge is 2.17. The van der Waals surface area contributed by atoms with Crippen LogP contribution in [0.2, 0.25) is 0 Å². The van der Waals surface area contributed by atoms with Crippen molar-refractivity contribution in [1.82, 2.24) is 10.6 Å². The molecular formula is C5H10N2O4. The van der Waals surface area contributed by atoms with Crippen molar-refractivity contribution in [2.24, 2.45) is 0 Å². The maximum atomic E-state index is 10.7. The molecule has 0 saturated heterocycles. The predicted octanol–water partition coefficient (Wildman–Crippen LogP) is -1.64. The van der Waals surface area contributed by atoms with Crippen molar-refractivity contribution in [3.8, 4) is 0 Å². The fourth-order valence-corrected chi connectivity index (χ4v) is 0.517. The summed E-state index contributed by atoms with van der Waals surface area (Å²) in [6.07, 6.45) is -1.34. The van der Waals surface area contributed by atoms with E-state index in [9.17, 15) is 9.59 Å². The van der Waals surface area contributed by atoms with E-state index in [4.69, 9.17) is 10.2 Å². The van der Waals surface area contributed by atoms with E-state index in [0.29, 0.717) is 0 Å². The lowest BCUT2D eigenvalue weighted by Crippen LogP contribution is -2.47. The van der Waals surface area contributed by atoms with Gasteiger partial charge in [0.1, 0.15) is 6.04 Å². The summed E-state index contributed by atoms with van der Waals surface area (Å²) in [6, 6.07) is -1.09. The van der Waals surface area contributed by atoms with Crippen LogP contribution >= 0.6 is 0 Å². The molecule has 0 heterocycles. The number of carboxylic acid groups (broad SMARTS) is 1. The molecule has 0 aliphatic rings. The van der Waals surface area contributed by atoms with Crippen LogP contribution in [0.5, 0.6) is 0 Å². The SMILES string of the molecule is CNC(=O)[C@H](CO)NC(=O)O. The second-order valence-electron chi connectivity index (χ2n) is 1.80. The number of aliphatic hydroxyl groups excluding tert-OH is 1. The Bertz CT molecular complexity index is 159. The quantitative estimate of drug-likeness (QED) is 0.400. The van der Waals surface area contributed by atoms with E-state index in [1.54, 1.807) is 0 Å². The molecule has 0 unspecified atom stereocenters. The third kappa shape index (κ3) is 3.41. The third-order valence-corrected chi connectivity index (χ3v) is 1.04. The Kier molecular flexibility index (Phi) is 3.97. The Morgan fingerprint density at radius 1 is 1.55 bits per heavy atom. The van der Waals surface area contributed by atoms with Gasteiger partial charge >= 0.3 is 6.09 Å². The number of nitrogens with one attached hydrogen (secondary N) is 2. The first-order valence-electron chi connectivity index (χ1n) is 2.93. The van der Waals surface area contributed by atoms with Crippen molar-refractivity contribution in [3.63, 3.8) is 0 Å². The van der Waals surface area contributed by atoms with Crippen molar-refractivity contribution < 1.29 is 19.8 Å². The number of rotatable bonds is 3. The lowest BCUT2D eigenvalue weighted by Gasteiger charge is -2.11. The molecule has 0 rings (SSSR count). The summed E-state index contributed by atoms with van der Waals surface area (Å²) in [6.45, 7) is -0.550. The molecule has 0 aromatic carbocycles. The Morgan fingerprint density at radius 2 is 2.09 bits per heavy atom. The highest BCUT2D eigenvalue weighted by molar-refractivity contribution is 5.85. The molecule has 0 saturated carbocycles. The largest absolute Gasteiger partial charge is 0.465 e. The van der Waals surface area contributed by atoms with Crippen LogP contribution in [-0.2, 0) is 4.79 Å². The van der Waals surface area contributed by atoms with Crippen molar-refractivity contribution in [3.05, 3.63) is 0 Å². The van der Waals surface area contributed by atoms with E-state index < -0.39 is 24.6 Å². The fraction of sp³-hybridized carbons (Fsp3) is 0.600. The first-order valence-corrected chi connectivity index (χ1v) is 2.93. The zero-order chi connectivity index (χ0) is 8.85. The monoisotopic (exact) mass is 162 g/mol. The first kappa shape index (κ1) is 9.70. The Morgan fingerprint density at radius 3 is 2.36 bits per heavy atom. The molecular weight excluding hydrogens is 152 g/mol. The summed E-state index contributed by atoms with van der Waals surface area (Å²) >= 11 is 0. The summed E-state index contributed by atoms with van der Waals surface area (Å²) in [4.78, 5) is 20.7. The molecule has 0 radical (unpaired) electrons. The molecule has 0 bridgehead atoms. The van der Waals surface area contributed by atoms with Crippen molar-refractivity contribution in [2.75, 3.05) is 13.7 Å². The van der Waals surface area contributed by atoms with Gasteiger partial charge in [0.05, 0.1) is 6.61 Å². The average molecular weight is 162 g/mol. The standard InChI is InChI=1S/C5H10N2O4/c1-6-4(9)3(2-8)7-5(10)11/h3,7-8H,2H2,1H3,(H,6,9)(H,10,11)/t3-/m0/s1. The van der Waals surface area contributed by atoms with Crippen molar-refractivity contribution in [2.45, 2.75) is 6.04 Å². The summed E-state index contributed by atoms with van der Waals surface area (Å²) in [5, 5.41) is 20.7. The van der Waals surface area contributed by atoms with E-state index in [-0.39, 0.29) is 0 Å². The third-order valence-electron chi connectivity index (χ3n) is 1.04. The van der Waals surface area contributed by atoms with Crippen LogP contribution in [0.3, 0.4) is 0 Å². The van der Waals surface area contributed by atoms with Gasteiger partial charge in [0.15, 0.2) is 0 Å². The smallest absolute Gasteiger partial charge is 0.405 e. The minimum absolute atomic E-state index is 0.550. The molecule has 11 heavy (non-hydrogen) atoms. The van der Waals surface area contributed by atoms with Crippen LogP contribution in [0.15, 0.2) is 0 Å². The second kappa shape index (κ2) is 4.51. The summed E-state index contributed by atoms with van der Waals surface area (Å²) in [5.41, 5.74) is 0. The van der Waals surface area contributed by atoms with Crippen LogP contribution < -0.4 is 10.6 Å². The van der Waals surface area contributed by atoms with E-state index in [0.717, 1.165) is 0 Å². The zero-order valence-electron chi connectivity index (χ0n) is 6.00. The number of hydrogen-bond donors (Lipinski definition) is 4. The van der Waals surface area contributed by atoms with Crippen LogP contribution in [-0.4, -0.2) is 41.9 Å².